The highest BCUT2D eigenvalue weighted by molar-refractivity contribution is 5.70. The van der Waals surface area contributed by atoms with E-state index in [0.717, 1.165) is 12.8 Å². The van der Waals surface area contributed by atoms with Crippen molar-refractivity contribution in [1.82, 2.24) is 0 Å². The molecule has 0 aromatic heterocycles. The van der Waals surface area contributed by atoms with Gasteiger partial charge in [0.2, 0.25) is 0 Å². The first-order chi connectivity index (χ1) is 4.81. The number of unbranched alkanes of at least 4 members (excludes halogenated alkanes) is 1. The summed E-state index contributed by atoms with van der Waals surface area (Å²) in [6, 6.07) is 0. The Morgan fingerprint density at radius 2 is 2.20 bits per heavy atom. The van der Waals surface area contributed by atoms with Crippen LogP contribution in [0.2, 0.25) is 0 Å². The highest BCUT2D eigenvalue weighted by Gasteiger charge is 1.91. The van der Waals surface area contributed by atoms with Gasteiger partial charge in [0, 0.05) is 0 Å². The first kappa shape index (κ1) is 9.21. The molecule has 0 heterocycles. The molecule has 0 amide bonds. The van der Waals surface area contributed by atoms with Crippen LogP contribution in [0.15, 0.2) is 12.2 Å². The van der Waals surface area contributed by atoms with Crippen LogP contribution in [0.1, 0.15) is 26.2 Å². The summed E-state index contributed by atoms with van der Waals surface area (Å²) < 4.78 is 4.44. The van der Waals surface area contributed by atoms with Crippen LogP contribution in [0.3, 0.4) is 0 Å². The van der Waals surface area contributed by atoms with E-state index in [1.54, 1.807) is 0 Å². The number of methoxy groups -OCH3 is 1. The van der Waals surface area contributed by atoms with Gasteiger partial charge in [-0.25, -0.2) is 0 Å². The van der Waals surface area contributed by atoms with Gasteiger partial charge >= 0.3 is 5.97 Å². The average Bonchev–Trinajstić information content (AvgIpc) is 1.98. The summed E-state index contributed by atoms with van der Waals surface area (Å²) in [5.41, 5.74) is 0. The Hall–Kier alpha value is -0.790. The molecule has 0 N–H and O–H groups in total. The number of hydrogen-bond donors (Lipinski definition) is 0. The van der Waals surface area contributed by atoms with E-state index in [4.69, 9.17) is 0 Å². The van der Waals surface area contributed by atoms with E-state index in [0.29, 0.717) is 6.42 Å². The van der Waals surface area contributed by atoms with Crippen LogP contribution in [0, 0.1) is 0 Å². The minimum Gasteiger partial charge on any atom is -0.469 e. The molecule has 0 radical (unpaired) electrons. The topological polar surface area (TPSA) is 26.3 Å². The fourth-order valence-corrected chi connectivity index (χ4v) is 0.547. The molecule has 0 atom stereocenters. The van der Waals surface area contributed by atoms with Gasteiger partial charge in [-0.05, 0) is 6.42 Å². The Balaban J connectivity index is 3.25. The summed E-state index contributed by atoms with van der Waals surface area (Å²) in [5, 5.41) is 0. The third-order valence-corrected chi connectivity index (χ3v) is 1.13. The van der Waals surface area contributed by atoms with Crippen molar-refractivity contribution < 1.29 is 9.53 Å². The smallest absolute Gasteiger partial charge is 0.309 e. The zero-order valence-electron chi connectivity index (χ0n) is 6.59. The van der Waals surface area contributed by atoms with Crippen molar-refractivity contribution in [3.8, 4) is 0 Å². The third kappa shape index (κ3) is 5.35. The van der Waals surface area contributed by atoms with E-state index < -0.39 is 0 Å². The SMILES string of the molecule is CCCC=CCC(=O)OC. The fraction of sp³-hybridized carbons (Fsp3) is 0.625. The number of hydrogen-bond acceptors (Lipinski definition) is 2. The maximum absolute atomic E-state index is 10.5. The molecule has 10 heavy (non-hydrogen) atoms. The predicted molar refractivity (Wildman–Crippen MR) is 40.7 cm³/mol. The molecule has 0 bridgehead atoms. The second-order valence-electron chi connectivity index (χ2n) is 2.04. The summed E-state index contributed by atoms with van der Waals surface area (Å²) in [6.45, 7) is 2.10. The van der Waals surface area contributed by atoms with Gasteiger partial charge in [0.05, 0.1) is 13.5 Å². The normalized spacial score (nSPS) is 10.2. The molecule has 0 spiro atoms. The van der Waals surface area contributed by atoms with Gasteiger partial charge in [0.25, 0.3) is 0 Å². The Bertz CT molecular complexity index is 116. The number of rotatable bonds is 4. The molecule has 0 aromatic carbocycles. The second-order valence-corrected chi connectivity index (χ2v) is 2.04. The standard InChI is InChI=1S/C8H14O2/c1-3-4-5-6-7-8(9)10-2/h5-6H,3-4,7H2,1-2H3. The molecule has 2 heteroatoms. The van der Waals surface area contributed by atoms with Gasteiger partial charge in [-0.3, -0.25) is 4.79 Å². The van der Waals surface area contributed by atoms with E-state index >= 15 is 0 Å². The summed E-state index contributed by atoms with van der Waals surface area (Å²) in [6.07, 6.45) is 6.40. The molecule has 58 valence electrons. The number of allylic oxidation sites excluding steroid dienone is 1. The molecule has 0 saturated heterocycles. The Morgan fingerprint density at radius 1 is 1.50 bits per heavy atom. The number of carbonyl (C=O) groups excluding carboxylic acids is 1. The zero-order valence-corrected chi connectivity index (χ0v) is 6.59. The largest absolute Gasteiger partial charge is 0.469 e. The molecule has 0 aliphatic carbocycles. The van der Waals surface area contributed by atoms with Crippen molar-refractivity contribution in [3.63, 3.8) is 0 Å². The van der Waals surface area contributed by atoms with Crippen LogP contribution in [0.5, 0.6) is 0 Å². The summed E-state index contributed by atoms with van der Waals surface area (Å²) in [5.74, 6) is -0.174. The second kappa shape index (κ2) is 6.33. The molecule has 0 rings (SSSR count). The number of carbonyl (C=O) groups is 1. The van der Waals surface area contributed by atoms with Gasteiger partial charge < -0.3 is 4.74 Å². The Kier molecular flexibility index (Phi) is 5.83. The third-order valence-electron chi connectivity index (χ3n) is 1.13. The van der Waals surface area contributed by atoms with Gasteiger partial charge in [0.15, 0.2) is 0 Å². The molecule has 0 unspecified atom stereocenters. The maximum Gasteiger partial charge on any atom is 0.309 e. The van der Waals surface area contributed by atoms with Crippen LogP contribution in [0.25, 0.3) is 0 Å². The highest BCUT2D eigenvalue weighted by Crippen LogP contribution is 1.91. The lowest BCUT2D eigenvalue weighted by Crippen LogP contribution is -1.96. The van der Waals surface area contributed by atoms with Crippen LogP contribution >= 0.6 is 0 Å². The summed E-state index contributed by atoms with van der Waals surface area (Å²) in [7, 11) is 1.40. The van der Waals surface area contributed by atoms with Crippen molar-refractivity contribution in [3.05, 3.63) is 12.2 Å². The lowest BCUT2D eigenvalue weighted by molar-refractivity contribution is -0.139. The quantitative estimate of drug-likeness (QED) is 0.442. The van der Waals surface area contributed by atoms with E-state index in [-0.39, 0.29) is 5.97 Å². The van der Waals surface area contributed by atoms with Crippen molar-refractivity contribution in [2.45, 2.75) is 26.2 Å². The number of esters is 1. The van der Waals surface area contributed by atoms with Gasteiger partial charge in [-0.15, -0.1) is 0 Å². The summed E-state index contributed by atoms with van der Waals surface area (Å²) in [4.78, 5) is 10.5. The molecule has 0 fully saturated rings. The first-order valence-electron chi connectivity index (χ1n) is 3.53. The average molecular weight is 142 g/mol. The molecule has 0 aliphatic rings. The lowest BCUT2D eigenvalue weighted by atomic mass is 10.3. The van der Waals surface area contributed by atoms with Crippen molar-refractivity contribution >= 4 is 5.97 Å². The highest BCUT2D eigenvalue weighted by atomic mass is 16.5. The summed E-state index contributed by atoms with van der Waals surface area (Å²) >= 11 is 0. The molecule has 0 aromatic rings. The van der Waals surface area contributed by atoms with E-state index in [2.05, 4.69) is 11.7 Å². The maximum atomic E-state index is 10.5. The van der Waals surface area contributed by atoms with Crippen LogP contribution < -0.4 is 0 Å². The fourth-order valence-electron chi connectivity index (χ4n) is 0.547. The molecule has 0 saturated carbocycles. The van der Waals surface area contributed by atoms with Gasteiger partial charge in [0.1, 0.15) is 0 Å². The van der Waals surface area contributed by atoms with E-state index in [9.17, 15) is 4.79 Å². The monoisotopic (exact) mass is 142 g/mol. The predicted octanol–water partition coefficient (Wildman–Crippen LogP) is 1.91. The van der Waals surface area contributed by atoms with E-state index in [1.165, 1.54) is 7.11 Å². The van der Waals surface area contributed by atoms with Crippen molar-refractivity contribution in [1.29, 1.82) is 0 Å². The van der Waals surface area contributed by atoms with Gasteiger partial charge in [-0.2, -0.15) is 0 Å². The minimum absolute atomic E-state index is 0.174. The van der Waals surface area contributed by atoms with Gasteiger partial charge in [-0.1, -0.05) is 25.5 Å². The number of ether oxygens (including phenoxy) is 1. The molecular formula is C8H14O2. The minimum atomic E-state index is -0.174. The Morgan fingerprint density at radius 3 is 2.70 bits per heavy atom. The van der Waals surface area contributed by atoms with Crippen LogP contribution in [-0.2, 0) is 9.53 Å². The van der Waals surface area contributed by atoms with Crippen LogP contribution in [-0.4, -0.2) is 13.1 Å². The van der Waals surface area contributed by atoms with Crippen molar-refractivity contribution in [2.75, 3.05) is 7.11 Å². The molecular weight excluding hydrogens is 128 g/mol. The zero-order chi connectivity index (χ0) is 7.82. The molecule has 0 aliphatic heterocycles. The van der Waals surface area contributed by atoms with Crippen molar-refractivity contribution in [2.24, 2.45) is 0 Å². The molecule has 2 nitrogen and oxygen atoms in total. The Labute approximate surface area is 61.9 Å². The van der Waals surface area contributed by atoms with Crippen LogP contribution in [0.4, 0.5) is 0 Å². The van der Waals surface area contributed by atoms with E-state index in [1.807, 2.05) is 12.2 Å². The lowest BCUT2D eigenvalue weighted by Gasteiger charge is -1.90. The first-order valence-corrected chi connectivity index (χ1v) is 3.53.